The Morgan fingerprint density at radius 1 is 1.10 bits per heavy atom. The SMILES string of the molecule is CCN(CC)C(CC)(CC)C(O)Cc1cccc(F)c1F. The molecular formula is C17H27F2NO. The number of halogens is 2. The first-order chi connectivity index (χ1) is 9.96. The van der Waals surface area contributed by atoms with Crippen molar-refractivity contribution in [2.24, 2.45) is 0 Å². The van der Waals surface area contributed by atoms with Gasteiger partial charge >= 0.3 is 0 Å². The molecule has 2 nitrogen and oxygen atoms in total. The Balaban J connectivity index is 3.06. The van der Waals surface area contributed by atoms with Gasteiger partial charge in [0.1, 0.15) is 0 Å². The lowest BCUT2D eigenvalue weighted by Crippen LogP contribution is -2.56. The van der Waals surface area contributed by atoms with E-state index in [1.54, 1.807) is 6.07 Å². The Bertz CT molecular complexity index is 442. The maximum atomic E-state index is 13.8. The van der Waals surface area contributed by atoms with Gasteiger partial charge in [-0.2, -0.15) is 0 Å². The van der Waals surface area contributed by atoms with E-state index in [0.29, 0.717) is 0 Å². The molecule has 1 aromatic carbocycles. The summed E-state index contributed by atoms with van der Waals surface area (Å²) in [5.74, 6) is -1.71. The minimum absolute atomic E-state index is 0.127. The quantitative estimate of drug-likeness (QED) is 0.790. The number of hydrogen-bond acceptors (Lipinski definition) is 2. The van der Waals surface area contributed by atoms with Crippen molar-refractivity contribution in [2.45, 2.75) is 58.6 Å². The predicted octanol–water partition coefficient (Wildman–Crippen LogP) is 3.77. The predicted molar refractivity (Wildman–Crippen MR) is 82.3 cm³/mol. The topological polar surface area (TPSA) is 23.5 Å². The van der Waals surface area contributed by atoms with E-state index in [-0.39, 0.29) is 12.0 Å². The molecule has 4 heteroatoms. The molecule has 0 fully saturated rings. The van der Waals surface area contributed by atoms with E-state index < -0.39 is 23.3 Å². The zero-order valence-electron chi connectivity index (χ0n) is 13.5. The van der Waals surface area contributed by atoms with Gasteiger partial charge in [0, 0.05) is 12.0 Å². The Morgan fingerprint density at radius 3 is 2.14 bits per heavy atom. The van der Waals surface area contributed by atoms with Gasteiger partial charge in [-0.25, -0.2) is 8.78 Å². The number of likely N-dealkylation sites (N-methyl/N-ethyl adjacent to an activating group) is 1. The van der Waals surface area contributed by atoms with Gasteiger partial charge in [-0.15, -0.1) is 0 Å². The van der Waals surface area contributed by atoms with Crippen LogP contribution in [-0.4, -0.2) is 34.7 Å². The molecule has 0 saturated heterocycles. The molecule has 120 valence electrons. The van der Waals surface area contributed by atoms with Crippen molar-refractivity contribution in [1.29, 1.82) is 0 Å². The number of aliphatic hydroxyl groups is 1. The monoisotopic (exact) mass is 299 g/mol. The van der Waals surface area contributed by atoms with E-state index in [4.69, 9.17) is 0 Å². The number of nitrogens with zero attached hydrogens (tertiary/aromatic N) is 1. The molecule has 1 unspecified atom stereocenters. The third kappa shape index (κ3) is 3.61. The third-order valence-electron chi connectivity index (χ3n) is 4.68. The van der Waals surface area contributed by atoms with Crippen molar-refractivity contribution in [3.63, 3.8) is 0 Å². The molecule has 0 bridgehead atoms. The summed E-state index contributed by atoms with van der Waals surface area (Å²) in [5.41, 5.74) is -0.164. The average Bonchev–Trinajstić information content (AvgIpc) is 2.49. The zero-order chi connectivity index (χ0) is 16.0. The average molecular weight is 299 g/mol. The van der Waals surface area contributed by atoms with Gasteiger partial charge in [-0.1, -0.05) is 39.8 Å². The second-order valence-corrected chi connectivity index (χ2v) is 5.42. The highest BCUT2D eigenvalue weighted by molar-refractivity contribution is 5.20. The fraction of sp³-hybridized carbons (Fsp3) is 0.647. The molecule has 0 spiro atoms. The maximum absolute atomic E-state index is 13.8. The summed E-state index contributed by atoms with van der Waals surface area (Å²) in [6.45, 7) is 9.82. The summed E-state index contributed by atoms with van der Waals surface area (Å²) >= 11 is 0. The van der Waals surface area contributed by atoms with Crippen LogP contribution in [0.15, 0.2) is 18.2 Å². The molecule has 1 aromatic rings. The molecule has 0 aliphatic heterocycles. The largest absolute Gasteiger partial charge is 0.391 e. The van der Waals surface area contributed by atoms with Crippen LogP contribution < -0.4 is 0 Å². The van der Waals surface area contributed by atoms with Gasteiger partial charge in [0.25, 0.3) is 0 Å². The van der Waals surface area contributed by atoms with Crippen molar-refractivity contribution in [3.05, 3.63) is 35.4 Å². The Morgan fingerprint density at radius 2 is 1.67 bits per heavy atom. The van der Waals surface area contributed by atoms with Crippen LogP contribution in [0.4, 0.5) is 8.78 Å². The van der Waals surface area contributed by atoms with Crippen LogP contribution in [0.1, 0.15) is 46.1 Å². The molecule has 21 heavy (non-hydrogen) atoms. The number of benzene rings is 1. The summed E-state index contributed by atoms with van der Waals surface area (Å²) in [6.07, 6.45) is 0.928. The van der Waals surface area contributed by atoms with Gasteiger partial charge in [0.05, 0.1) is 6.10 Å². The standard InChI is InChI=1S/C17H27F2NO/c1-5-17(6-2,20(7-3)8-4)15(21)12-13-10-9-11-14(18)16(13)19/h9-11,15,21H,5-8,12H2,1-4H3. The molecule has 1 atom stereocenters. The van der Waals surface area contributed by atoms with Crippen LogP contribution in [0, 0.1) is 11.6 Å². The first-order valence-electron chi connectivity index (χ1n) is 7.82. The molecule has 0 heterocycles. The lowest BCUT2D eigenvalue weighted by molar-refractivity contribution is -0.0344. The van der Waals surface area contributed by atoms with Crippen molar-refractivity contribution >= 4 is 0 Å². The van der Waals surface area contributed by atoms with Crippen LogP contribution in [0.3, 0.4) is 0 Å². The normalized spacial score (nSPS) is 13.7. The number of aliphatic hydroxyl groups excluding tert-OH is 1. The minimum Gasteiger partial charge on any atom is -0.391 e. The van der Waals surface area contributed by atoms with Crippen molar-refractivity contribution in [3.8, 4) is 0 Å². The molecule has 0 aliphatic carbocycles. The van der Waals surface area contributed by atoms with Gasteiger partial charge in [-0.05, 0) is 37.6 Å². The van der Waals surface area contributed by atoms with E-state index >= 15 is 0 Å². The lowest BCUT2D eigenvalue weighted by atomic mass is 9.81. The second kappa shape index (κ2) is 7.85. The third-order valence-corrected chi connectivity index (χ3v) is 4.68. The van der Waals surface area contributed by atoms with Gasteiger partial charge in [0.15, 0.2) is 11.6 Å². The van der Waals surface area contributed by atoms with Gasteiger partial charge < -0.3 is 5.11 Å². The molecule has 0 amide bonds. The number of hydrogen-bond donors (Lipinski definition) is 1. The number of rotatable bonds is 8. The molecular weight excluding hydrogens is 272 g/mol. The minimum atomic E-state index is -0.860. The molecule has 0 aliphatic rings. The summed E-state index contributed by atoms with van der Waals surface area (Å²) in [6, 6.07) is 4.12. The fourth-order valence-corrected chi connectivity index (χ4v) is 3.34. The van der Waals surface area contributed by atoms with E-state index in [1.807, 2.05) is 13.8 Å². The van der Waals surface area contributed by atoms with Crippen LogP contribution in [0.5, 0.6) is 0 Å². The Labute approximate surface area is 126 Å². The van der Waals surface area contributed by atoms with Crippen molar-refractivity contribution < 1.29 is 13.9 Å². The Kier molecular flexibility index (Phi) is 6.75. The van der Waals surface area contributed by atoms with E-state index in [2.05, 4.69) is 18.7 Å². The first kappa shape index (κ1) is 18.1. The summed E-state index contributed by atoms with van der Waals surface area (Å²) in [5, 5.41) is 10.7. The van der Waals surface area contributed by atoms with E-state index in [1.165, 1.54) is 6.07 Å². The highest BCUT2D eigenvalue weighted by Crippen LogP contribution is 2.30. The van der Waals surface area contributed by atoms with Crippen LogP contribution in [0.25, 0.3) is 0 Å². The van der Waals surface area contributed by atoms with Gasteiger partial charge in [-0.3, -0.25) is 4.90 Å². The molecule has 0 saturated carbocycles. The van der Waals surface area contributed by atoms with Crippen LogP contribution in [-0.2, 0) is 6.42 Å². The Hall–Kier alpha value is -1.00. The first-order valence-corrected chi connectivity index (χ1v) is 7.82. The molecule has 0 aromatic heterocycles. The molecule has 1 N–H and O–H groups in total. The fourth-order valence-electron chi connectivity index (χ4n) is 3.34. The van der Waals surface area contributed by atoms with Crippen LogP contribution in [0.2, 0.25) is 0 Å². The van der Waals surface area contributed by atoms with E-state index in [0.717, 1.165) is 32.0 Å². The summed E-state index contributed by atoms with van der Waals surface area (Å²) in [4.78, 5) is 2.22. The maximum Gasteiger partial charge on any atom is 0.162 e. The highest BCUT2D eigenvalue weighted by atomic mass is 19.2. The summed E-state index contributed by atoms with van der Waals surface area (Å²) < 4.78 is 27.1. The summed E-state index contributed by atoms with van der Waals surface area (Å²) in [7, 11) is 0. The van der Waals surface area contributed by atoms with E-state index in [9.17, 15) is 13.9 Å². The molecule has 1 rings (SSSR count). The lowest BCUT2D eigenvalue weighted by Gasteiger charge is -2.46. The van der Waals surface area contributed by atoms with Gasteiger partial charge in [0.2, 0.25) is 0 Å². The molecule has 0 radical (unpaired) electrons. The highest BCUT2D eigenvalue weighted by Gasteiger charge is 2.39. The second-order valence-electron chi connectivity index (χ2n) is 5.42. The van der Waals surface area contributed by atoms with Crippen LogP contribution >= 0.6 is 0 Å². The van der Waals surface area contributed by atoms with Crippen molar-refractivity contribution in [1.82, 2.24) is 4.90 Å². The zero-order valence-corrected chi connectivity index (χ0v) is 13.5. The van der Waals surface area contributed by atoms with Crippen molar-refractivity contribution in [2.75, 3.05) is 13.1 Å². The smallest absolute Gasteiger partial charge is 0.162 e.